The topological polar surface area (TPSA) is 116 Å². The molecule has 1 heterocycles. The number of aromatic nitrogens is 4. The standard InChI is InChI=1S/C13H17N5O4S/c1-9(2)12(13(19)22-3)15-23(20,21)11-6-4-10(5-7-11)18-8-14-16-17-18/h4-9,12,15H,1-3H3/t12-/m1/s1. The highest BCUT2D eigenvalue weighted by Gasteiger charge is 2.29. The highest BCUT2D eigenvalue weighted by atomic mass is 32.2. The maximum Gasteiger partial charge on any atom is 0.324 e. The van der Waals surface area contributed by atoms with E-state index < -0.39 is 22.0 Å². The van der Waals surface area contributed by atoms with Crippen molar-refractivity contribution < 1.29 is 17.9 Å². The van der Waals surface area contributed by atoms with Crippen molar-refractivity contribution >= 4 is 16.0 Å². The van der Waals surface area contributed by atoms with Gasteiger partial charge in [0.25, 0.3) is 0 Å². The van der Waals surface area contributed by atoms with Gasteiger partial charge in [-0.05, 0) is 40.6 Å². The van der Waals surface area contributed by atoms with Gasteiger partial charge in [0.05, 0.1) is 17.7 Å². The fourth-order valence-corrected chi connectivity index (χ4v) is 3.21. The van der Waals surface area contributed by atoms with Gasteiger partial charge in [-0.25, -0.2) is 13.1 Å². The van der Waals surface area contributed by atoms with Crippen LogP contribution in [0.5, 0.6) is 0 Å². The van der Waals surface area contributed by atoms with Gasteiger partial charge in [0.2, 0.25) is 10.0 Å². The molecular weight excluding hydrogens is 322 g/mol. The molecule has 124 valence electrons. The average Bonchev–Trinajstić information content (AvgIpc) is 3.06. The number of benzene rings is 1. The molecule has 0 fully saturated rings. The first kappa shape index (κ1) is 17.0. The lowest BCUT2D eigenvalue weighted by Crippen LogP contribution is -2.44. The normalized spacial score (nSPS) is 13.0. The molecule has 0 saturated heterocycles. The SMILES string of the molecule is COC(=O)[C@H](NS(=O)(=O)c1ccc(-n2cnnn2)cc1)C(C)C. The van der Waals surface area contributed by atoms with Crippen LogP contribution in [0, 0.1) is 5.92 Å². The Labute approximate surface area is 133 Å². The van der Waals surface area contributed by atoms with Gasteiger partial charge in [0, 0.05) is 0 Å². The lowest BCUT2D eigenvalue weighted by molar-refractivity contribution is -0.143. The quantitative estimate of drug-likeness (QED) is 0.744. The maximum atomic E-state index is 12.4. The molecule has 0 aliphatic carbocycles. The molecule has 0 unspecified atom stereocenters. The summed E-state index contributed by atoms with van der Waals surface area (Å²) >= 11 is 0. The number of carbonyl (C=O) groups is 1. The molecule has 2 aromatic rings. The zero-order valence-corrected chi connectivity index (χ0v) is 13.7. The van der Waals surface area contributed by atoms with Gasteiger partial charge in [-0.2, -0.15) is 4.72 Å². The molecule has 23 heavy (non-hydrogen) atoms. The van der Waals surface area contributed by atoms with Crippen LogP contribution >= 0.6 is 0 Å². The highest BCUT2D eigenvalue weighted by molar-refractivity contribution is 7.89. The number of tetrazole rings is 1. The van der Waals surface area contributed by atoms with Gasteiger partial charge < -0.3 is 4.74 Å². The fraction of sp³-hybridized carbons (Fsp3) is 0.385. The minimum absolute atomic E-state index is 0.0314. The second kappa shape index (κ2) is 6.84. The molecule has 0 saturated carbocycles. The lowest BCUT2D eigenvalue weighted by Gasteiger charge is -2.19. The molecule has 0 spiro atoms. The molecule has 1 aromatic heterocycles. The molecule has 0 radical (unpaired) electrons. The van der Waals surface area contributed by atoms with Crippen LogP contribution < -0.4 is 4.72 Å². The summed E-state index contributed by atoms with van der Waals surface area (Å²) in [5.41, 5.74) is 0.613. The molecule has 0 aliphatic rings. The largest absolute Gasteiger partial charge is 0.468 e. The molecule has 0 amide bonds. The zero-order valence-electron chi connectivity index (χ0n) is 12.9. The van der Waals surface area contributed by atoms with Crippen LogP contribution in [0.25, 0.3) is 5.69 Å². The van der Waals surface area contributed by atoms with Gasteiger partial charge in [-0.15, -0.1) is 5.10 Å². The van der Waals surface area contributed by atoms with Crippen LogP contribution in [0.3, 0.4) is 0 Å². The number of sulfonamides is 1. The molecule has 2 rings (SSSR count). The summed E-state index contributed by atoms with van der Waals surface area (Å²) in [6.07, 6.45) is 1.40. The van der Waals surface area contributed by atoms with Crippen molar-refractivity contribution in [1.29, 1.82) is 0 Å². The fourth-order valence-electron chi connectivity index (χ4n) is 1.88. The van der Waals surface area contributed by atoms with Crippen molar-refractivity contribution in [2.45, 2.75) is 24.8 Å². The second-order valence-corrected chi connectivity index (χ2v) is 6.83. The number of ether oxygens (including phenoxy) is 1. The summed E-state index contributed by atoms with van der Waals surface area (Å²) in [7, 11) is -2.64. The van der Waals surface area contributed by atoms with E-state index in [1.807, 2.05) is 0 Å². The van der Waals surface area contributed by atoms with E-state index in [0.717, 1.165) is 0 Å². The number of nitrogens with zero attached hydrogens (tertiary/aromatic N) is 4. The van der Waals surface area contributed by atoms with Crippen LogP contribution in [0.1, 0.15) is 13.8 Å². The van der Waals surface area contributed by atoms with Crippen molar-refractivity contribution in [1.82, 2.24) is 24.9 Å². The molecular formula is C13H17N5O4S. The van der Waals surface area contributed by atoms with E-state index in [2.05, 4.69) is 25.0 Å². The van der Waals surface area contributed by atoms with Gasteiger partial charge in [0.1, 0.15) is 12.4 Å². The number of carbonyl (C=O) groups excluding carboxylic acids is 1. The third-order valence-electron chi connectivity index (χ3n) is 3.16. The predicted molar refractivity (Wildman–Crippen MR) is 80.1 cm³/mol. The summed E-state index contributed by atoms with van der Waals surface area (Å²) in [5, 5.41) is 10.7. The van der Waals surface area contributed by atoms with Crippen LogP contribution in [-0.2, 0) is 19.6 Å². The summed E-state index contributed by atoms with van der Waals surface area (Å²) < 4.78 is 33.2. The predicted octanol–water partition coefficient (Wildman–Crippen LogP) is 0.138. The number of rotatable bonds is 6. The Balaban J connectivity index is 2.23. The van der Waals surface area contributed by atoms with Crippen LogP contribution in [-0.4, -0.2) is 47.7 Å². The summed E-state index contributed by atoms with van der Waals surface area (Å²) in [6, 6.07) is 4.99. The monoisotopic (exact) mass is 339 g/mol. The van der Waals surface area contributed by atoms with E-state index in [9.17, 15) is 13.2 Å². The Morgan fingerprint density at radius 2 is 1.91 bits per heavy atom. The maximum absolute atomic E-state index is 12.4. The van der Waals surface area contributed by atoms with Crippen molar-refractivity contribution in [3.63, 3.8) is 0 Å². The minimum Gasteiger partial charge on any atom is -0.468 e. The third-order valence-corrected chi connectivity index (χ3v) is 4.62. The Hall–Kier alpha value is -2.33. The lowest BCUT2D eigenvalue weighted by atomic mass is 10.1. The molecule has 0 aliphatic heterocycles. The van der Waals surface area contributed by atoms with E-state index in [4.69, 9.17) is 0 Å². The number of nitrogens with one attached hydrogen (secondary N) is 1. The number of hydrogen-bond donors (Lipinski definition) is 1. The Bertz CT molecular complexity index is 756. The van der Waals surface area contributed by atoms with Crippen molar-refractivity contribution in [3.05, 3.63) is 30.6 Å². The van der Waals surface area contributed by atoms with Gasteiger partial charge in [-0.3, -0.25) is 4.79 Å². The first-order valence-corrected chi connectivity index (χ1v) is 8.27. The van der Waals surface area contributed by atoms with E-state index in [1.165, 1.54) is 30.3 Å². The molecule has 1 N–H and O–H groups in total. The smallest absolute Gasteiger partial charge is 0.324 e. The van der Waals surface area contributed by atoms with Crippen LogP contribution in [0.2, 0.25) is 0 Å². The van der Waals surface area contributed by atoms with Crippen molar-refractivity contribution in [2.75, 3.05) is 7.11 Å². The summed E-state index contributed by atoms with van der Waals surface area (Å²) in [6.45, 7) is 3.45. The number of methoxy groups -OCH3 is 1. The van der Waals surface area contributed by atoms with Crippen LogP contribution in [0.4, 0.5) is 0 Å². The van der Waals surface area contributed by atoms with E-state index in [1.54, 1.807) is 26.0 Å². The summed E-state index contributed by atoms with van der Waals surface area (Å²) in [5.74, 6) is -0.883. The number of hydrogen-bond acceptors (Lipinski definition) is 7. The summed E-state index contributed by atoms with van der Waals surface area (Å²) in [4.78, 5) is 11.7. The Morgan fingerprint density at radius 1 is 1.26 bits per heavy atom. The first-order chi connectivity index (χ1) is 10.8. The van der Waals surface area contributed by atoms with Crippen molar-refractivity contribution in [3.8, 4) is 5.69 Å². The highest BCUT2D eigenvalue weighted by Crippen LogP contribution is 2.15. The Kier molecular flexibility index (Phi) is 5.06. The van der Waals surface area contributed by atoms with Crippen molar-refractivity contribution in [2.24, 2.45) is 5.92 Å². The van der Waals surface area contributed by atoms with E-state index in [-0.39, 0.29) is 10.8 Å². The third kappa shape index (κ3) is 3.90. The molecule has 10 heteroatoms. The first-order valence-electron chi connectivity index (χ1n) is 6.78. The van der Waals surface area contributed by atoms with Gasteiger partial charge in [0.15, 0.2) is 0 Å². The van der Waals surface area contributed by atoms with E-state index >= 15 is 0 Å². The Morgan fingerprint density at radius 3 is 2.39 bits per heavy atom. The zero-order chi connectivity index (χ0) is 17.0. The molecule has 9 nitrogen and oxygen atoms in total. The second-order valence-electron chi connectivity index (χ2n) is 5.11. The number of esters is 1. The molecule has 1 aromatic carbocycles. The van der Waals surface area contributed by atoms with Crippen LogP contribution in [0.15, 0.2) is 35.5 Å². The average molecular weight is 339 g/mol. The minimum atomic E-state index is -3.86. The van der Waals surface area contributed by atoms with Gasteiger partial charge >= 0.3 is 5.97 Å². The van der Waals surface area contributed by atoms with Gasteiger partial charge in [-0.1, -0.05) is 13.8 Å². The molecule has 0 bridgehead atoms. The molecule has 1 atom stereocenters. The van der Waals surface area contributed by atoms with E-state index in [0.29, 0.717) is 5.69 Å².